The fourth-order valence-electron chi connectivity index (χ4n) is 2.77. The summed E-state index contributed by atoms with van der Waals surface area (Å²) >= 11 is 0. The zero-order valence-corrected chi connectivity index (χ0v) is 16.1. The van der Waals surface area contributed by atoms with E-state index in [-0.39, 0.29) is 5.16 Å². The van der Waals surface area contributed by atoms with Gasteiger partial charge in [0.2, 0.25) is 0 Å². The van der Waals surface area contributed by atoms with Gasteiger partial charge in [0.25, 0.3) is 0 Å². The molecule has 24 heavy (non-hydrogen) atoms. The van der Waals surface area contributed by atoms with Crippen LogP contribution in [0.4, 0.5) is 0 Å². The monoisotopic (exact) mass is 343 g/mol. The number of hydrogen-bond donors (Lipinski definition) is 1. The Morgan fingerprint density at radius 3 is 2.62 bits per heavy atom. The van der Waals surface area contributed by atoms with Crippen molar-refractivity contribution in [2.75, 3.05) is 14.2 Å². The van der Waals surface area contributed by atoms with E-state index < -0.39 is 0 Å². The molecule has 0 radical (unpaired) electrons. The zero-order chi connectivity index (χ0) is 17.7. The molecule has 2 aromatic carbocycles. The van der Waals surface area contributed by atoms with E-state index in [0.717, 1.165) is 23.3 Å². The van der Waals surface area contributed by atoms with Crippen molar-refractivity contribution in [3.8, 4) is 11.5 Å². The Kier molecular flexibility index (Phi) is 6.01. The van der Waals surface area contributed by atoms with Gasteiger partial charge in [-0.15, -0.1) is 0 Å². The number of methoxy groups -OCH3 is 1. The van der Waals surface area contributed by atoms with Gasteiger partial charge in [0.05, 0.1) is 7.11 Å². The quantitative estimate of drug-likeness (QED) is 0.624. The molecule has 0 aliphatic carbocycles. The molecular formula is C20H26NO2P. The Labute approximate surface area is 146 Å². The highest BCUT2D eigenvalue weighted by atomic mass is 31.1. The van der Waals surface area contributed by atoms with E-state index in [4.69, 9.17) is 4.74 Å². The lowest BCUT2D eigenvalue weighted by Crippen LogP contribution is -2.20. The van der Waals surface area contributed by atoms with Crippen molar-refractivity contribution in [1.29, 1.82) is 0 Å². The molecule has 2 aromatic rings. The number of ether oxygens (including phenoxy) is 1. The average Bonchev–Trinajstić information content (AvgIpc) is 2.58. The highest BCUT2D eigenvalue weighted by Gasteiger charge is 2.29. The van der Waals surface area contributed by atoms with E-state index in [0.29, 0.717) is 14.3 Å². The first kappa shape index (κ1) is 18.5. The molecule has 0 amide bonds. The fraction of sp³-hybridized carbons (Fsp3) is 0.350. The topological polar surface area (TPSA) is 41.8 Å². The van der Waals surface area contributed by atoms with Crippen LogP contribution in [0.25, 0.3) is 0 Å². The Balaban J connectivity index is 2.49. The van der Waals surface area contributed by atoms with Crippen molar-refractivity contribution in [3.63, 3.8) is 0 Å². The second kappa shape index (κ2) is 7.81. The first-order valence-electron chi connectivity index (χ1n) is 8.12. The van der Waals surface area contributed by atoms with Gasteiger partial charge in [0.1, 0.15) is 11.5 Å². The van der Waals surface area contributed by atoms with Crippen molar-refractivity contribution >= 4 is 20.1 Å². The van der Waals surface area contributed by atoms with Crippen LogP contribution >= 0.6 is 8.58 Å². The van der Waals surface area contributed by atoms with Crippen molar-refractivity contribution in [2.45, 2.75) is 32.3 Å². The first-order chi connectivity index (χ1) is 11.4. The highest BCUT2D eigenvalue weighted by molar-refractivity contribution is 7.48. The maximum Gasteiger partial charge on any atom is 0.119 e. The minimum absolute atomic E-state index is 0.162. The van der Waals surface area contributed by atoms with Crippen LogP contribution in [0.15, 0.2) is 41.4 Å². The SMILES string of the molecule is CCC(C)(Pc1ccc(C)cc1C=NC)c1cc(OC)ccc1O. The smallest absolute Gasteiger partial charge is 0.119 e. The Morgan fingerprint density at radius 1 is 1.25 bits per heavy atom. The van der Waals surface area contributed by atoms with Gasteiger partial charge in [-0.1, -0.05) is 40.1 Å². The molecule has 3 nitrogen and oxygen atoms in total. The third-order valence-corrected chi connectivity index (χ3v) is 6.29. The standard InChI is InChI=1S/C20H26NO2P/c1-6-20(3,17-12-16(23-5)8-9-18(17)22)24-19-10-7-14(2)11-15(19)13-21-4/h7-13,22,24H,6H2,1-5H3. The van der Waals surface area contributed by atoms with Crippen LogP contribution in [-0.4, -0.2) is 25.5 Å². The van der Waals surface area contributed by atoms with Crippen molar-refractivity contribution in [3.05, 3.63) is 53.1 Å². The largest absolute Gasteiger partial charge is 0.508 e. The lowest BCUT2D eigenvalue weighted by molar-refractivity contribution is 0.408. The number of rotatable bonds is 6. The minimum Gasteiger partial charge on any atom is -0.508 e. The van der Waals surface area contributed by atoms with Gasteiger partial charge in [-0.2, -0.15) is 0 Å². The number of phenolic OH excluding ortho intramolecular Hbond substituents is 1. The summed E-state index contributed by atoms with van der Waals surface area (Å²) < 4.78 is 5.35. The van der Waals surface area contributed by atoms with Crippen LogP contribution in [0, 0.1) is 6.92 Å². The summed E-state index contributed by atoms with van der Waals surface area (Å²) in [6, 6.07) is 11.9. The summed E-state index contributed by atoms with van der Waals surface area (Å²) in [7, 11) is 3.96. The molecule has 0 saturated heterocycles. The number of phenols is 1. The van der Waals surface area contributed by atoms with Crippen molar-refractivity contribution in [1.82, 2.24) is 0 Å². The van der Waals surface area contributed by atoms with Gasteiger partial charge in [-0.3, -0.25) is 4.99 Å². The molecule has 0 aliphatic rings. The van der Waals surface area contributed by atoms with E-state index in [9.17, 15) is 5.11 Å². The number of benzene rings is 2. The van der Waals surface area contributed by atoms with Crippen LogP contribution in [0.3, 0.4) is 0 Å². The summed E-state index contributed by atoms with van der Waals surface area (Å²) in [5, 5.41) is 11.5. The predicted molar refractivity (Wildman–Crippen MR) is 105 cm³/mol. The van der Waals surface area contributed by atoms with E-state index >= 15 is 0 Å². The van der Waals surface area contributed by atoms with Gasteiger partial charge in [-0.25, -0.2) is 0 Å². The predicted octanol–water partition coefficient (Wildman–Crippen LogP) is 4.39. The van der Waals surface area contributed by atoms with Gasteiger partial charge in [0, 0.05) is 24.0 Å². The van der Waals surface area contributed by atoms with Gasteiger partial charge in [0.15, 0.2) is 0 Å². The van der Waals surface area contributed by atoms with Crippen molar-refractivity contribution < 1.29 is 9.84 Å². The Morgan fingerprint density at radius 2 is 2.00 bits per heavy atom. The third kappa shape index (κ3) is 3.96. The van der Waals surface area contributed by atoms with Crippen LogP contribution in [-0.2, 0) is 5.16 Å². The third-order valence-electron chi connectivity index (χ3n) is 4.39. The maximum atomic E-state index is 10.4. The molecule has 0 bridgehead atoms. The second-order valence-corrected chi connectivity index (χ2v) is 8.06. The number of hydrogen-bond acceptors (Lipinski definition) is 3. The molecule has 2 rings (SSSR count). The van der Waals surface area contributed by atoms with Gasteiger partial charge in [-0.05, 0) is 48.5 Å². The van der Waals surface area contributed by atoms with E-state index in [1.807, 2.05) is 12.3 Å². The van der Waals surface area contributed by atoms with Crippen molar-refractivity contribution in [2.24, 2.45) is 4.99 Å². The van der Waals surface area contributed by atoms with E-state index in [2.05, 4.69) is 44.0 Å². The molecule has 0 saturated carbocycles. The molecule has 1 N–H and O–H groups in total. The number of aromatic hydroxyl groups is 1. The van der Waals surface area contributed by atoms with Crippen LogP contribution in [0.2, 0.25) is 0 Å². The second-order valence-electron chi connectivity index (χ2n) is 6.17. The maximum absolute atomic E-state index is 10.4. The fourth-order valence-corrected chi connectivity index (χ4v) is 4.32. The Bertz CT molecular complexity index is 742. The highest BCUT2D eigenvalue weighted by Crippen LogP contribution is 2.48. The molecule has 0 heterocycles. The van der Waals surface area contributed by atoms with E-state index in [1.54, 1.807) is 26.3 Å². The average molecular weight is 343 g/mol. The van der Waals surface area contributed by atoms with Gasteiger partial charge >= 0.3 is 0 Å². The molecule has 4 heteroatoms. The zero-order valence-electron chi connectivity index (χ0n) is 15.1. The normalized spacial score (nSPS) is 14.4. The molecule has 2 atom stereocenters. The molecule has 2 unspecified atom stereocenters. The van der Waals surface area contributed by atoms with Crippen LogP contribution in [0.5, 0.6) is 11.5 Å². The molecule has 0 aromatic heterocycles. The van der Waals surface area contributed by atoms with E-state index in [1.165, 1.54) is 10.9 Å². The Hall–Kier alpha value is -1.86. The number of nitrogens with zero attached hydrogens (tertiary/aromatic N) is 1. The summed E-state index contributed by atoms with van der Waals surface area (Å²) in [4.78, 5) is 4.19. The van der Waals surface area contributed by atoms with Crippen LogP contribution in [0.1, 0.15) is 37.0 Å². The first-order valence-corrected chi connectivity index (χ1v) is 9.12. The summed E-state index contributed by atoms with van der Waals surface area (Å²) in [5.74, 6) is 1.09. The minimum atomic E-state index is -0.162. The lowest BCUT2D eigenvalue weighted by atomic mass is 9.96. The van der Waals surface area contributed by atoms with Crippen LogP contribution < -0.4 is 10.0 Å². The molecule has 0 fully saturated rings. The summed E-state index contributed by atoms with van der Waals surface area (Å²) in [6.07, 6.45) is 2.83. The number of aryl methyl sites for hydroxylation is 1. The molecule has 0 aliphatic heterocycles. The molecule has 128 valence electrons. The summed E-state index contributed by atoms with van der Waals surface area (Å²) in [5.41, 5.74) is 3.31. The lowest BCUT2D eigenvalue weighted by Gasteiger charge is -2.31. The molecule has 0 spiro atoms. The van der Waals surface area contributed by atoms with Gasteiger partial charge < -0.3 is 9.84 Å². The molecular weight excluding hydrogens is 317 g/mol. The number of aliphatic imine (C=N–C) groups is 1. The summed E-state index contributed by atoms with van der Waals surface area (Å²) in [6.45, 7) is 6.45.